The molecule has 0 heterocycles. The lowest BCUT2D eigenvalue weighted by molar-refractivity contribution is -0.135. The summed E-state index contributed by atoms with van der Waals surface area (Å²) in [5.74, 6) is -1.48. The van der Waals surface area contributed by atoms with Crippen LogP contribution in [0.5, 0.6) is 0 Å². The van der Waals surface area contributed by atoms with Gasteiger partial charge in [0.1, 0.15) is 12.6 Å². The predicted molar refractivity (Wildman–Crippen MR) is 61.5 cm³/mol. The number of rotatable bonds is 4. The minimum absolute atomic E-state index is 0.331. The van der Waals surface area contributed by atoms with E-state index in [9.17, 15) is 14.4 Å². The summed E-state index contributed by atoms with van der Waals surface area (Å²) < 4.78 is 0. The average molecular weight is 245 g/mol. The van der Waals surface area contributed by atoms with Gasteiger partial charge in [0.15, 0.2) is 0 Å². The monoisotopic (exact) mass is 245 g/mol. The quantitative estimate of drug-likeness (QED) is 0.544. The molecule has 98 valence electrons. The number of carbonyl (C=O) groups is 3. The molecule has 7 nitrogen and oxygen atoms in total. The van der Waals surface area contributed by atoms with Crippen LogP contribution in [0.3, 0.4) is 0 Å². The van der Waals surface area contributed by atoms with E-state index in [1.165, 1.54) is 6.92 Å². The lowest BCUT2D eigenvalue weighted by Crippen LogP contribution is -2.53. The van der Waals surface area contributed by atoms with Gasteiger partial charge in [-0.25, -0.2) is 4.79 Å². The molecule has 0 radical (unpaired) electrons. The molecular weight excluding hydrogens is 226 g/mol. The minimum atomic E-state index is -1.15. The van der Waals surface area contributed by atoms with E-state index in [0.29, 0.717) is 0 Å². The van der Waals surface area contributed by atoms with Gasteiger partial charge in [0.2, 0.25) is 5.91 Å². The van der Waals surface area contributed by atoms with Crippen LogP contribution in [-0.2, 0) is 9.59 Å². The molecule has 0 aliphatic carbocycles. The third-order valence-electron chi connectivity index (χ3n) is 1.64. The molecule has 1 unspecified atom stereocenters. The van der Waals surface area contributed by atoms with Crippen molar-refractivity contribution in [3.8, 4) is 0 Å². The second-order valence-corrected chi connectivity index (χ2v) is 4.68. The zero-order chi connectivity index (χ0) is 13.6. The molecule has 3 amide bonds. The van der Waals surface area contributed by atoms with Gasteiger partial charge in [0.05, 0.1) is 0 Å². The molecule has 17 heavy (non-hydrogen) atoms. The van der Waals surface area contributed by atoms with Gasteiger partial charge in [0.25, 0.3) is 0 Å². The first-order chi connectivity index (χ1) is 7.61. The van der Waals surface area contributed by atoms with Crippen molar-refractivity contribution in [2.24, 2.45) is 0 Å². The van der Waals surface area contributed by atoms with Gasteiger partial charge < -0.3 is 21.1 Å². The minimum Gasteiger partial charge on any atom is -0.480 e. The molecule has 0 rings (SSSR count). The largest absolute Gasteiger partial charge is 0.480 e. The Hall–Kier alpha value is -1.79. The van der Waals surface area contributed by atoms with Gasteiger partial charge in [-0.1, -0.05) is 0 Å². The van der Waals surface area contributed by atoms with Crippen molar-refractivity contribution >= 4 is 17.9 Å². The summed E-state index contributed by atoms with van der Waals surface area (Å²) in [6.45, 7) is 6.49. The number of carboxylic acids is 1. The summed E-state index contributed by atoms with van der Waals surface area (Å²) in [5, 5.41) is 15.5. The van der Waals surface area contributed by atoms with Crippen molar-refractivity contribution in [1.82, 2.24) is 16.0 Å². The topological polar surface area (TPSA) is 108 Å². The van der Waals surface area contributed by atoms with E-state index >= 15 is 0 Å². The molecular formula is C10H19N3O4. The maximum atomic E-state index is 11.6. The second-order valence-electron chi connectivity index (χ2n) is 4.68. The first kappa shape index (κ1) is 15.2. The highest BCUT2D eigenvalue weighted by Crippen LogP contribution is 1.99. The molecule has 0 aliphatic rings. The van der Waals surface area contributed by atoms with E-state index < -0.39 is 24.6 Å². The Labute approximate surface area is 100.0 Å². The van der Waals surface area contributed by atoms with E-state index in [1.54, 1.807) is 0 Å². The maximum absolute atomic E-state index is 11.6. The van der Waals surface area contributed by atoms with Crippen LogP contribution in [0.25, 0.3) is 0 Å². The molecule has 0 bridgehead atoms. The van der Waals surface area contributed by atoms with Gasteiger partial charge >= 0.3 is 12.0 Å². The highest BCUT2D eigenvalue weighted by Gasteiger charge is 2.20. The predicted octanol–water partition coefficient (Wildman–Crippen LogP) is -0.327. The molecule has 0 aromatic carbocycles. The lowest BCUT2D eigenvalue weighted by atomic mass is 10.1. The molecule has 7 heteroatoms. The number of hydrogen-bond acceptors (Lipinski definition) is 3. The Bertz CT molecular complexity index is 309. The summed E-state index contributed by atoms with van der Waals surface area (Å²) in [6.07, 6.45) is 0. The molecule has 0 saturated heterocycles. The molecule has 0 aromatic heterocycles. The van der Waals surface area contributed by atoms with Crippen molar-refractivity contribution in [2.75, 3.05) is 6.54 Å². The number of nitrogens with one attached hydrogen (secondary N) is 3. The highest BCUT2D eigenvalue weighted by atomic mass is 16.4. The summed E-state index contributed by atoms with van der Waals surface area (Å²) >= 11 is 0. The van der Waals surface area contributed by atoms with Crippen molar-refractivity contribution in [3.05, 3.63) is 0 Å². The van der Waals surface area contributed by atoms with E-state index in [1.807, 2.05) is 20.8 Å². The normalized spacial score (nSPS) is 12.5. The fourth-order valence-corrected chi connectivity index (χ4v) is 0.947. The van der Waals surface area contributed by atoms with Crippen molar-refractivity contribution < 1.29 is 19.5 Å². The summed E-state index contributed by atoms with van der Waals surface area (Å²) in [5.41, 5.74) is -0.384. The number of carboxylic acid groups (broad SMARTS) is 1. The van der Waals surface area contributed by atoms with Crippen LogP contribution in [-0.4, -0.2) is 41.1 Å². The Morgan fingerprint density at radius 3 is 2.18 bits per heavy atom. The van der Waals surface area contributed by atoms with Gasteiger partial charge in [-0.05, 0) is 27.7 Å². The van der Waals surface area contributed by atoms with Crippen LogP contribution >= 0.6 is 0 Å². The van der Waals surface area contributed by atoms with Gasteiger partial charge in [0, 0.05) is 5.54 Å². The Morgan fingerprint density at radius 1 is 1.24 bits per heavy atom. The molecule has 4 N–H and O–H groups in total. The van der Waals surface area contributed by atoms with Crippen molar-refractivity contribution in [3.63, 3.8) is 0 Å². The third-order valence-corrected chi connectivity index (χ3v) is 1.64. The maximum Gasteiger partial charge on any atom is 0.323 e. The molecule has 1 atom stereocenters. The summed E-state index contributed by atoms with van der Waals surface area (Å²) in [6, 6.07) is -1.42. The second kappa shape index (κ2) is 6.07. The molecule has 0 spiro atoms. The first-order valence-electron chi connectivity index (χ1n) is 5.20. The van der Waals surface area contributed by atoms with Gasteiger partial charge in [-0.3, -0.25) is 9.59 Å². The Morgan fingerprint density at radius 2 is 1.76 bits per heavy atom. The van der Waals surface area contributed by atoms with Crippen molar-refractivity contribution in [2.45, 2.75) is 39.3 Å². The van der Waals surface area contributed by atoms with Crippen LogP contribution in [0.15, 0.2) is 0 Å². The lowest BCUT2D eigenvalue weighted by Gasteiger charge is -2.23. The molecule has 0 aliphatic heterocycles. The number of hydrogen-bond donors (Lipinski definition) is 4. The number of carbonyl (C=O) groups excluding carboxylic acids is 2. The number of urea groups is 1. The average Bonchev–Trinajstić information content (AvgIpc) is 2.11. The third kappa shape index (κ3) is 8.06. The van der Waals surface area contributed by atoms with Gasteiger partial charge in [-0.15, -0.1) is 0 Å². The zero-order valence-corrected chi connectivity index (χ0v) is 10.5. The molecule has 0 saturated carbocycles. The van der Waals surface area contributed by atoms with Crippen LogP contribution < -0.4 is 16.0 Å². The Kier molecular flexibility index (Phi) is 5.43. The van der Waals surface area contributed by atoms with E-state index in [0.717, 1.165) is 0 Å². The SMILES string of the molecule is CC(NC(=O)NCC(=O)O)C(=O)NC(C)(C)C. The van der Waals surface area contributed by atoms with E-state index in [4.69, 9.17) is 5.11 Å². The van der Waals surface area contributed by atoms with Crippen LogP contribution in [0, 0.1) is 0 Å². The first-order valence-corrected chi connectivity index (χ1v) is 5.20. The van der Waals surface area contributed by atoms with Crippen LogP contribution in [0.1, 0.15) is 27.7 Å². The summed E-state index contributed by atoms with van der Waals surface area (Å²) in [4.78, 5) is 32.9. The molecule has 0 fully saturated rings. The van der Waals surface area contributed by atoms with Crippen molar-refractivity contribution in [1.29, 1.82) is 0 Å². The smallest absolute Gasteiger partial charge is 0.323 e. The van der Waals surface area contributed by atoms with Gasteiger partial charge in [-0.2, -0.15) is 0 Å². The summed E-state index contributed by atoms with van der Waals surface area (Å²) in [7, 11) is 0. The zero-order valence-electron chi connectivity index (χ0n) is 10.5. The number of amides is 3. The van der Waals surface area contributed by atoms with Crippen LogP contribution in [0.4, 0.5) is 4.79 Å². The fraction of sp³-hybridized carbons (Fsp3) is 0.700. The fourth-order valence-electron chi connectivity index (χ4n) is 0.947. The van der Waals surface area contributed by atoms with E-state index in [-0.39, 0.29) is 11.4 Å². The molecule has 0 aromatic rings. The number of aliphatic carboxylic acids is 1. The van der Waals surface area contributed by atoms with E-state index in [2.05, 4.69) is 16.0 Å². The van der Waals surface area contributed by atoms with Crippen LogP contribution in [0.2, 0.25) is 0 Å². The standard InChI is InChI=1S/C10H19N3O4/c1-6(8(16)13-10(2,3)4)12-9(17)11-5-7(14)15/h6H,5H2,1-4H3,(H,13,16)(H,14,15)(H2,11,12,17). The Balaban J connectivity index is 4.08. The highest BCUT2D eigenvalue weighted by molar-refractivity contribution is 5.88.